The van der Waals surface area contributed by atoms with Crippen molar-refractivity contribution >= 4 is 23.6 Å². The Morgan fingerprint density at radius 3 is 2.43 bits per heavy atom. The number of nitrogens with zero attached hydrogens (tertiary/aromatic N) is 5. The van der Waals surface area contributed by atoms with Crippen LogP contribution < -0.4 is 9.47 Å². The molecule has 0 bridgehead atoms. The molecular weight excluding hydrogens is 462 g/mol. The summed E-state index contributed by atoms with van der Waals surface area (Å²) in [6, 6.07) is 26.7. The van der Waals surface area contributed by atoms with E-state index in [4.69, 9.17) is 26.3 Å². The lowest BCUT2D eigenvalue weighted by molar-refractivity contribution is 0.284. The maximum absolute atomic E-state index is 9.75. The van der Waals surface area contributed by atoms with Crippen LogP contribution in [0.3, 0.4) is 0 Å². The van der Waals surface area contributed by atoms with Crippen molar-refractivity contribution in [1.29, 1.82) is 10.5 Å². The van der Waals surface area contributed by atoms with Crippen LogP contribution in [-0.2, 0) is 13.0 Å². The quantitative estimate of drug-likeness (QED) is 0.296. The standard InChI is InChI=1S/C27H20ClN5O2/c1-34-25-15-20(14-23(28)26(25)35-18-19-8-4-2-5-9-19)17-31-27-22(16-30)24(12-13-29)32-33(27)21-10-6-3-7-11-21/h2-11,14-15,17H,12,18H2,1H3/b31-17+. The molecule has 1 heterocycles. The second-order valence-electron chi connectivity index (χ2n) is 7.41. The molecule has 7 nitrogen and oxygen atoms in total. The minimum Gasteiger partial charge on any atom is -0.493 e. The number of para-hydroxylation sites is 1. The lowest BCUT2D eigenvalue weighted by Gasteiger charge is -2.13. The van der Waals surface area contributed by atoms with Crippen LogP contribution in [0.2, 0.25) is 5.02 Å². The minimum absolute atomic E-state index is 0.00164. The van der Waals surface area contributed by atoms with Crippen LogP contribution in [0.1, 0.15) is 22.4 Å². The third kappa shape index (κ3) is 5.33. The van der Waals surface area contributed by atoms with Gasteiger partial charge in [0.15, 0.2) is 17.3 Å². The zero-order valence-electron chi connectivity index (χ0n) is 18.9. The van der Waals surface area contributed by atoms with Crippen molar-refractivity contribution in [3.63, 3.8) is 0 Å². The largest absolute Gasteiger partial charge is 0.493 e. The van der Waals surface area contributed by atoms with Gasteiger partial charge in [0, 0.05) is 6.21 Å². The Labute approximate surface area is 208 Å². The Balaban J connectivity index is 1.69. The third-order valence-electron chi connectivity index (χ3n) is 5.11. The molecule has 0 saturated carbocycles. The van der Waals surface area contributed by atoms with Crippen molar-refractivity contribution in [1.82, 2.24) is 9.78 Å². The Morgan fingerprint density at radius 1 is 1.06 bits per heavy atom. The second kappa shape index (κ2) is 11.0. The van der Waals surface area contributed by atoms with Crippen LogP contribution in [0.15, 0.2) is 77.8 Å². The first-order chi connectivity index (χ1) is 17.1. The predicted octanol–water partition coefficient (Wildman–Crippen LogP) is 5.80. The maximum atomic E-state index is 9.75. The fourth-order valence-electron chi connectivity index (χ4n) is 3.45. The highest BCUT2D eigenvalue weighted by Crippen LogP contribution is 2.37. The molecule has 0 aliphatic heterocycles. The van der Waals surface area contributed by atoms with Crippen LogP contribution >= 0.6 is 11.6 Å². The van der Waals surface area contributed by atoms with Crippen molar-refractivity contribution in [2.45, 2.75) is 13.0 Å². The summed E-state index contributed by atoms with van der Waals surface area (Å²) in [6.07, 6.45) is 1.57. The SMILES string of the molecule is COc1cc(/C=N/c2c(C#N)c(CC#N)nn2-c2ccccc2)cc(Cl)c1OCc1ccccc1. The first-order valence-corrected chi connectivity index (χ1v) is 11.0. The van der Waals surface area contributed by atoms with Gasteiger partial charge in [-0.1, -0.05) is 60.1 Å². The molecule has 8 heteroatoms. The minimum atomic E-state index is -0.00164. The summed E-state index contributed by atoms with van der Waals surface area (Å²) in [5.74, 6) is 1.21. The second-order valence-corrected chi connectivity index (χ2v) is 7.81. The van der Waals surface area contributed by atoms with Gasteiger partial charge in [0.25, 0.3) is 0 Å². The smallest absolute Gasteiger partial charge is 0.180 e. The maximum Gasteiger partial charge on any atom is 0.180 e. The summed E-state index contributed by atoms with van der Waals surface area (Å²) in [7, 11) is 1.54. The normalized spacial score (nSPS) is 10.6. The molecule has 0 aliphatic carbocycles. The molecule has 4 rings (SSSR count). The third-order valence-corrected chi connectivity index (χ3v) is 5.39. The molecule has 0 unspecified atom stereocenters. The Kier molecular flexibility index (Phi) is 7.42. The van der Waals surface area contributed by atoms with Gasteiger partial charge in [-0.15, -0.1) is 0 Å². The molecule has 0 spiro atoms. The summed E-state index contributed by atoms with van der Waals surface area (Å²) in [5.41, 5.74) is 2.98. The zero-order valence-corrected chi connectivity index (χ0v) is 19.6. The van der Waals surface area contributed by atoms with Crippen molar-refractivity contribution in [2.75, 3.05) is 7.11 Å². The summed E-state index contributed by atoms with van der Waals surface area (Å²) >= 11 is 6.52. The van der Waals surface area contributed by atoms with E-state index in [1.165, 1.54) is 7.11 Å². The van der Waals surface area contributed by atoms with Crippen LogP contribution in [-0.4, -0.2) is 23.1 Å². The zero-order chi connectivity index (χ0) is 24.6. The molecule has 0 radical (unpaired) electrons. The number of ether oxygens (including phenoxy) is 2. The highest BCUT2D eigenvalue weighted by atomic mass is 35.5. The predicted molar refractivity (Wildman–Crippen MR) is 134 cm³/mol. The van der Waals surface area contributed by atoms with Crippen LogP contribution in [0.5, 0.6) is 11.5 Å². The van der Waals surface area contributed by atoms with E-state index in [-0.39, 0.29) is 12.0 Å². The van der Waals surface area contributed by atoms with E-state index in [0.29, 0.717) is 40.2 Å². The molecule has 0 atom stereocenters. The Bertz CT molecular complexity index is 1430. The molecule has 0 amide bonds. The van der Waals surface area contributed by atoms with E-state index >= 15 is 0 Å². The van der Waals surface area contributed by atoms with Gasteiger partial charge in [0.2, 0.25) is 0 Å². The van der Waals surface area contributed by atoms with Crippen molar-refractivity contribution in [2.24, 2.45) is 4.99 Å². The molecular formula is C27H20ClN5O2. The number of aliphatic imine (C=N–C) groups is 1. The number of hydrogen-bond donors (Lipinski definition) is 0. The highest BCUT2D eigenvalue weighted by molar-refractivity contribution is 6.32. The average Bonchev–Trinajstić information content (AvgIpc) is 3.25. The number of hydrogen-bond acceptors (Lipinski definition) is 6. The molecule has 0 aliphatic rings. The number of benzene rings is 3. The number of rotatable bonds is 8. The van der Waals surface area contributed by atoms with Gasteiger partial charge in [0.1, 0.15) is 18.2 Å². The van der Waals surface area contributed by atoms with E-state index in [1.54, 1.807) is 23.0 Å². The fourth-order valence-corrected chi connectivity index (χ4v) is 3.73. The number of halogens is 1. The molecule has 0 fully saturated rings. The number of nitriles is 2. The lowest BCUT2D eigenvalue weighted by Crippen LogP contribution is -1.99. The molecule has 0 saturated heterocycles. The topological polar surface area (TPSA) is 96.2 Å². The number of methoxy groups -OCH3 is 1. The average molecular weight is 482 g/mol. The van der Waals surface area contributed by atoms with Crippen molar-refractivity contribution in [3.05, 3.63) is 100 Å². The lowest BCUT2D eigenvalue weighted by atomic mass is 10.2. The van der Waals surface area contributed by atoms with Crippen LogP contribution in [0.4, 0.5) is 5.82 Å². The van der Waals surface area contributed by atoms with E-state index in [0.717, 1.165) is 11.3 Å². The van der Waals surface area contributed by atoms with Gasteiger partial charge in [-0.2, -0.15) is 15.6 Å². The Hall–Kier alpha value is -4.59. The molecule has 1 aromatic heterocycles. The summed E-state index contributed by atoms with van der Waals surface area (Å²) in [4.78, 5) is 4.55. The molecule has 35 heavy (non-hydrogen) atoms. The van der Waals surface area contributed by atoms with Gasteiger partial charge in [-0.3, -0.25) is 0 Å². The summed E-state index contributed by atoms with van der Waals surface area (Å²) in [6.45, 7) is 0.341. The van der Waals surface area contributed by atoms with E-state index in [1.807, 2.05) is 60.7 Å². The monoisotopic (exact) mass is 481 g/mol. The van der Waals surface area contributed by atoms with Gasteiger partial charge < -0.3 is 9.47 Å². The van der Waals surface area contributed by atoms with Gasteiger partial charge in [-0.05, 0) is 35.4 Å². The van der Waals surface area contributed by atoms with E-state index < -0.39 is 0 Å². The van der Waals surface area contributed by atoms with E-state index in [9.17, 15) is 5.26 Å². The Morgan fingerprint density at radius 2 is 1.77 bits per heavy atom. The van der Waals surface area contributed by atoms with Crippen molar-refractivity contribution < 1.29 is 9.47 Å². The summed E-state index contributed by atoms with van der Waals surface area (Å²) < 4.78 is 13.0. The van der Waals surface area contributed by atoms with Crippen LogP contribution in [0, 0.1) is 22.7 Å². The van der Waals surface area contributed by atoms with Gasteiger partial charge in [0.05, 0.1) is 36.0 Å². The molecule has 3 aromatic carbocycles. The van der Waals surface area contributed by atoms with E-state index in [2.05, 4.69) is 22.2 Å². The van der Waals surface area contributed by atoms with Crippen LogP contribution in [0.25, 0.3) is 5.69 Å². The first-order valence-electron chi connectivity index (χ1n) is 10.7. The summed E-state index contributed by atoms with van der Waals surface area (Å²) in [5, 5.41) is 23.7. The van der Waals surface area contributed by atoms with Crippen molar-refractivity contribution in [3.8, 4) is 29.3 Å². The molecule has 0 N–H and O–H groups in total. The number of aromatic nitrogens is 2. The molecule has 172 valence electrons. The van der Waals surface area contributed by atoms with Gasteiger partial charge >= 0.3 is 0 Å². The molecule has 4 aromatic rings. The van der Waals surface area contributed by atoms with Gasteiger partial charge in [-0.25, -0.2) is 9.67 Å². The fraction of sp³-hybridized carbons (Fsp3) is 0.111. The first kappa shape index (κ1) is 23.6. The highest BCUT2D eigenvalue weighted by Gasteiger charge is 2.18.